The largest absolute Gasteiger partial charge is 0.393 e. The van der Waals surface area contributed by atoms with Crippen molar-refractivity contribution in [1.29, 1.82) is 0 Å². The molecule has 0 rings (SSSR count). The van der Waals surface area contributed by atoms with Crippen LogP contribution in [0.3, 0.4) is 0 Å². The summed E-state index contributed by atoms with van der Waals surface area (Å²) in [5.74, 6) is 0.453. The summed E-state index contributed by atoms with van der Waals surface area (Å²) in [4.78, 5) is 11.6. The van der Waals surface area contributed by atoms with Crippen molar-refractivity contribution in [1.82, 2.24) is 5.32 Å². The van der Waals surface area contributed by atoms with Gasteiger partial charge >= 0.3 is 0 Å². The van der Waals surface area contributed by atoms with Crippen LogP contribution in [-0.4, -0.2) is 23.7 Å². The van der Waals surface area contributed by atoms with Crippen LogP contribution in [0.15, 0.2) is 0 Å². The van der Waals surface area contributed by atoms with Gasteiger partial charge in [-0.1, -0.05) is 34.6 Å². The van der Waals surface area contributed by atoms with Gasteiger partial charge in [-0.3, -0.25) is 4.79 Å². The van der Waals surface area contributed by atoms with Crippen LogP contribution >= 0.6 is 0 Å². The number of rotatable bonds is 6. The lowest BCUT2D eigenvalue weighted by Gasteiger charge is -2.26. The quantitative estimate of drug-likeness (QED) is 0.734. The third kappa shape index (κ3) is 6.83. The molecule has 0 saturated heterocycles. The van der Waals surface area contributed by atoms with E-state index < -0.39 is 0 Å². The molecule has 0 aromatic heterocycles. The highest BCUT2D eigenvalue weighted by atomic mass is 16.3. The van der Waals surface area contributed by atoms with Crippen LogP contribution in [0, 0.1) is 11.3 Å². The molecule has 2 unspecified atom stereocenters. The van der Waals surface area contributed by atoms with Crippen molar-refractivity contribution in [3.05, 3.63) is 0 Å². The molecule has 0 saturated carbocycles. The molecule has 0 radical (unpaired) electrons. The van der Waals surface area contributed by atoms with E-state index in [0.717, 1.165) is 6.42 Å². The van der Waals surface area contributed by atoms with Crippen LogP contribution in [-0.2, 0) is 4.79 Å². The summed E-state index contributed by atoms with van der Waals surface area (Å²) in [5, 5.41) is 12.2. The van der Waals surface area contributed by atoms with Gasteiger partial charge in [-0.25, -0.2) is 0 Å². The molecule has 16 heavy (non-hydrogen) atoms. The molecule has 96 valence electrons. The fraction of sp³-hybridized carbons (Fsp3) is 0.923. The van der Waals surface area contributed by atoms with Crippen LogP contribution in [0.25, 0.3) is 0 Å². The monoisotopic (exact) mass is 229 g/mol. The minimum Gasteiger partial charge on any atom is -0.393 e. The second-order valence-electron chi connectivity index (χ2n) is 5.67. The first-order valence-corrected chi connectivity index (χ1v) is 6.22. The van der Waals surface area contributed by atoms with Crippen LogP contribution in [0.5, 0.6) is 0 Å². The first-order valence-electron chi connectivity index (χ1n) is 6.22. The van der Waals surface area contributed by atoms with Crippen LogP contribution in [0.2, 0.25) is 0 Å². The van der Waals surface area contributed by atoms with Gasteiger partial charge in [-0.15, -0.1) is 0 Å². The fourth-order valence-electron chi connectivity index (χ4n) is 1.24. The van der Waals surface area contributed by atoms with E-state index in [4.69, 9.17) is 0 Å². The van der Waals surface area contributed by atoms with Crippen LogP contribution in [0.4, 0.5) is 0 Å². The first kappa shape index (κ1) is 15.4. The number of amides is 1. The molecule has 0 aromatic carbocycles. The lowest BCUT2D eigenvalue weighted by Crippen LogP contribution is -2.31. The topological polar surface area (TPSA) is 49.3 Å². The van der Waals surface area contributed by atoms with E-state index in [1.54, 1.807) is 0 Å². The molecular formula is C13H27NO2. The maximum Gasteiger partial charge on any atom is 0.220 e. The van der Waals surface area contributed by atoms with Crippen molar-refractivity contribution in [3.63, 3.8) is 0 Å². The minimum atomic E-state index is -0.291. The Hall–Kier alpha value is -0.570. The average molecular weight is 229 g/mol. The highest BCUT2D eigenvalue weighted by Crippen LogP contribution is 2.27. The predicted octanol–water partition coefficient (Wildman–Crippen LogP) is 2.34. The SMILES string of the molecule is CCC(O)CCNC(=O)CC(C)C(C)(C)C. The number of aliphatic hydroxyl groups excluding tert-OH is 1. The summed E-state index contributed by atoms with van der Waals surface area (Å²) < 4.78 is 0. The number of carbonyl (C=O) groups excluding carboxylic acids is 1. The summed E-state index contributed by atoms with van der Waals surface area (Å²) in [6.45, 7) is 11.0. The lowest BCUT2D eigenvalue weighted by atomic mass is 9.80. The van der Waals surface area contributed by atoms with Gasteiger partial charge in [0.05, 0.1) is 6.10 Å². The standard InChI is InChI=1S/C13H27NO2/c1-6-11(15)7-8-14-12(16)9-10(2)13(3,4)5/h10-11,15H,6-9H2,1-5H3,(H,14,16). The van der Waals surface area contributed by atoms with Gasteiger partial charge in [0.25, 0.3) is 0 Å². The van der Waals surface area contributed by atoms with Gasteiger partial charge in [0.2, 0.25) is 5.91 Å². The zero-order valence-electron chi connectivity index (χ0n) is 11.3. The van der Waals surface area contributed by atoms with Gasteiger partial charge in [0, 0.05) is 13.0 Å². The van der Waals surface area contributed by atoms with Crippen LogP contribution in [0.1, 0.15) is 53.9 Å². The van der Waals surface area contributed by atoms with Crippen molar-refractivity contribution in [3.8, 4) is 0 Å². The zero-order valence-corrected chi connectivity index (χ0v) is 11.3. The Morgan fingerprint density at radius 3 is 2.38 bits per heavy atom. The summed E-state index contributed by atoms with van der Waals surface area (Å²) in [7, 11) is 0. The Bertz CT molecular complexity index is 208. The number of hydrogen-bond acceptors (Lipinski definition) is 2. The highest BCUT2D eigenvalue weighted by Gasteiger charge is 2.22. The number of hydrogen-bond donors (Lipinski definition) is 2. The molecule has 0 spiro atoms. The number of carbonyl (C=O) groups is 1. The summed E-state index contributed by atoms with van der Waals surface area (Å²) >= 11 is 0. The Balaban J connectivity index is 3.75. The molecule has 0 aliphatic carbocycles. The van der Waals surface area contributed by atoms with E-state index in [-0.39, 0.29) is 17.4 Å². The Labute approximate surface area is 99.6 Å². The lowest BCUT2D eigenvalue weighted by molar-refractivity contribution is -0.122. The third-order valence-corrected chi connectivity index (χ3v) is 3.24. The van der Waals surface area contributed by atoms with Crippen molar-refractivity contribution in [2.24, 2.45) is 11.3 Å². The number of nitrogens with one attached hydrogen (secondary N) is 1. The Kier molecular flexibility index (Phi) is 6.65. The highest BCUT2D eigenvalue weighted by molar-refractivity contribution is 5.76. The van der Waals surface area contributed by atoms with Gasteiger partial charge < -0.3 is 10.4 Å². The van der Waals surface area contributed by atoms with Crippen molar-refractivity contribution in [2.75, 3.05) is 6.54 Å². The van der Waals surface area contributed by atoms with Crippen molar-refractivity contribution >= 4 is 5.91 Å². The minimum absolute atomic E-state index is 0.0886. The molecule has 3 nitrogen and oxygen atoms in total. The third-order valence-electron chi connectivity index (χ3n) is 3.24. The molecule has 2 atom stereocenters. The maximum atomic E-state index is 11.6. The van der Waals surface area contributed by atoms with Crippen molar-refractivity contribution in [2.45, 2.75) is 60.0 Å². The Morgan fingerprint density at radius 1 is 1.38 bits per heavy atom. The molecular weight excluding hydrogens is 202 g/mol. The molecule has 1 amide bonds. The van der Waals surface area contributed by atoms with E-state index in [2.05, 4.69) is 33.0 Å². The molecule has 2 N–H and O–H groups in total. The molecule has 0 bridgehead atoms. The molecule has 3 heteroatoms. The Morgan fingerprint density at radius 2 is 1.94 bits per heavy atom. The first-order chi connectivity index (χ1) is 7.27. The van der Waals surface area contributed by atoms with Crippen molar-refractivity contribution < 1.29 is 9.90 Å². The van der Waals surface area contributed by atoms with Gasteiger partial charge in [0.15, 0.2) is 0 Å². The molecule has 0 aliphatic rings. The van der Waals surface area contributed by atoms with Gasteiger partial charge in [-0.2, -0.15) is 0 Å². The number of aliphatic hydroxyl groups is 1. The van der Waals surface area contributed by atoms with E-state index in [9.17, 15) is 9.90 Å². The maximum absolute atomic E-state index is 11.6. The smallest absolute Gasteiger partial charge is 0.220 e. The summed E-state index contributed by atoms with van der Waals surface area (Å²) in [5.41, 5.74) is 0.167. The second kappa shape index (κ2) is 6.89. The van der Waals surface area contributed by atoms with E-state index in [0.29, 0.717) is 25.3 Å². The average Bonchev–Trinajstić information content (AvgIpc) is 2.15. The van der Waals surface area contributed by atoms with Gasteiger partial charge in [-0.05, 0) is 24.2 Å². The second-order valence-corrected chi connectivity index (χ2v) is 5.67. The van der Waals surface area contributed by atoms with E-state index >= 15 is 0 Å². The zero-order chi connectivity index (χ0) is 12.8. The van der Waals surface area contributed by atoms with E-state index in [1.165, 1.54) is 0 Å². The molecule has 0 aromatic rings. The fourth-order valence-corrected chi connectivity index (χ4v) is 1.24. The van der Waals surface area contributed by atoms with E-state index in [1.807, 2.05) is 6.92 Å². The summed E-state index contributed by atoms with van der Waals surface area (Å²) in [6, 6.07) is 0. The molecule has 0 fully saturated rings. The molecule has 0 heterocycles. The van der Waals surface area contributed by atoms with Crippen LogP contribution < -0.4 is 5.32 Å². The summed E-state index contributed by atoms with van der Waals surface area (Å²) in [6.07, 6.45) is 1.66. The normalized spacial score (nSPS) is 15.6. The molecule has 0 aliphatic heterocycles. The predicted molar refractivity (Wildman–Crippen MR) is 67.2 cm³/mol. The van der Waals surface area contributed by atoms with Gasteiger partial charge in [0.1, 0.15) is 0 Å².